The molecule has 0 saturated heterocycles. The summed E-state index contributed by atoms with van der Waals surface area (Å²) in [7, 11) is -1.64. The van der Waals surface area contributed by atoms with Gasteiger partial charge in [-0.2, -0.15) is 0 Å². The molecule has 0 aliphatic carbocycles. The minimum Gasteiger partial charge on any atom is -0.423 e. The molecule has 6 heteroatoms. The van der Waals surface area contributed by atoms with Crippen molar-refractivity contribution in [2.75, 3.05) is 0 Å². The summed E-state index contributed by atoms with van der Waals surface area (Å²) < 4.78 is 0. The van der Waals surface area contributed by atoms with Crippen LogP contribution in [0.1, 0.15) is 5.69 Å². The molecular weight excluding hydrogens is 200 g/mol. The Morgan fingerprint density at radius 2 is 2.00 bits per heavy atom. The Morgan fingerprint density at radius 1 is 1.42 bits per heavy atom. The third kappa shape index (κ3) is 1.90. The lowest BCUT2D eigenvalue weighted by Crippen LogP contribution is -2.31. The molecule has 1 rings (SSSR count). The van der Waals surface area contributed by atoms with Crippen LogP contribution in [0.25, 0.3) is 0 Å². The monoisotopic (exact) mass is 205 g/mol. The van der Waals surface area contributed by atoms with E-state index < -0.39 is 7.12 Å². The van der Waals surface area contributed by atoms with Gasteiger partial charge in [-0.1, -0.05) is 23.2 Å². The SMILES string of the molecule is Cc1nc(Cl)c(B(O)O)cc1Cl. The molecule has 0 fully saturated rings. The van der Waals surface area contributed by atoms with Gasteiger partial charge in [-0.15, -0.1) is 0 Å². The topological polar surface area (TPSA) is 53.4 Å². The van der Waals surface area contributed by atoms with E-state index in [4.69, 9.17) is 33.2 Å². The van der Waals surface area contributed by atoms with Gasteiger partial charge in [0, 0.05) is 5.46 Å². The van der Waals surface area contributed by atoms with Gasteiger partial charge in [0.05, 0.1) is 10.7 Å². The predicted octanol–water partition coefficient (Wildman–Crippen LogP) is 0.377. The van der Waals surface area contributed by atoms with E-state index in [1.807, 2.05) is 0 Å². The molecule has 3 nitrogen and oxygen atoms in total. The molecule has 0 atom stereocenters. The van der Waals surface area contributed by atoms with E-state index >= 15 is 0 Å². The highest BCUT2D eigenvalue weighted by molar-refractivity contribution is 6.62. The number of hydrogen-bond acceptors (Lipinski definition) is 3. The fraction of sp³-hybridized carbons (Fsp3) is 0.167. The molecule has 1 heterocycles. The summed E-state index contributed by atoms with van der Waals surface area (Å²) in [5, 5.41) is 18.0. The van der Waals surface area contributed by atoms with Crippen molar-refractivity contribution in [1.29, 1.82) is 0 Å². The zero-order chi connectivity index (χ0) is 9.30. The quantitative estimate of drug-likeness (QED) is 0.515. The van der Waals surface area contributed by atoms with Crippen LogP contribution in [0.3, 0.4) is 0 Å². The normalized spacial score (nSPS) is 10.1. The Morgan fingerprint density at radius 3 is 2.50 bits per heavy atom. The zero-order valence-electron chi connectivity index (χ0n) is 6.25. The van der Waals surface area contributed by atoms with Gasteiger partial charge in [-0.3, -0.25) is 0 Å². The maximum atomic E-state index is 8.79. The van der Waals surface area contributed by atoms with E-state index in [0.29, 0.717) is 10.7 Å². The number of nitrogens with zero attached hydrogens (tertiary/aromatic N) is 1. The number of pyridine rings is 1. The van der Waals surface area contributed by atoms with Gasteiger partial charge in [0.1, 0.15) is 5.15 Å². The molecule has 0 aliphatic heterocycles. The number of aryl methyl sites for hydroxylation is 1. The maximum Gasteiger partial charge on any atom is 0.491 e. The number of hydrogen-bond donors (Lipinski definition) is 2. The first-order valence-corrected chi connectivity index (χ1v) is 3.96. The largest absolute Gasteiger partial charge is 0.491 e. The number of halogens is 2. The Hall–Kier alpha value is -0.285. The summed E-state index contributed by atoms with van der Waals surface area (Å²) >= 11 is 11.3. The molecule has 0 saturated carbocycles. The first-order chi connectivity index (χ1) is 5.52. The molecule has 1 aromatic heterocycles. The molecule has 1 aromatic rings. The van der Waals surface area contributed by atoms with Crippen molar-refractivity contribution in [3.05, 3.63) is 21.9 Å². The summed E-state index contributed by atoms with van der Waals surface area (Å²) in [6, 6.07) is 1.39. The minimum absolute atomic E-state index is 0.0619. The first kappa shape index (κ1) is 9.80. The van der Waals surface area contributed by atoms with Crippen LogP contribution in [0.5, 0.6) is 0 Å². The summed E-state index contributed by atoms with van der Waals surface area (Å²) in [4.78, 5) is 3.81. The van der Waals surface area contributed by atoms with Gasteiger partial charge < -0.3 is 10.0 Å². The van der Waals surface area contributed by atoms with E-state index in [2.05, 4.69) is 4.98 Å². The molecule has 0 unspecified atom stereocenters. The van der Waals surface area contributed by atoms with Crippen LogP contribution in [-0.2, 0) is 0 Å². The van der Waals surface area contributed by atoms with Crippen LogP contribution >= 0.6 is 23.2 Å². The average molecular weight is 206 g/mol. The van der Waals surface area contributed by atoms with Crippen LogP contribution in [0, 0.1) is 6.92 Å². The number of aromatic nitrogens is 1. The Labute approximate surface area is 80.1 Å². The summed E-state index contributed by atoms with van der Waals surface area (Å²) in [6.07, 6.45) is 0. The van der Waals surface area contributed by atoms with Crippen LogP contribution in [-0.4, -0.2) is 22.2 Å². The molecule has 0 bridgehead atoms. The van der Waals surface area contributed by atoms with Gasteiger partial charge in [0.25, 0.3) is 0 Å². The second-order valence-corrected chi connectivity index (χ2v) is 3.07. The van der Waals surface area contributed by atoms with E-state index in [0.717, 1.165) is 0 Å². The fourth-order valence-electron chi connectivity index (χ4n) is 0.747. The van der Waals surface area contributed by atoms with Crippen molar-refractivity contribution in [3.8, 4) is 0 Å². The molecule has 0 radical (unpaired) electrons. The maximum absolute atomic E-state index is 8.79. The Balaban J connectivity index is 3.23. The lowest BCUT2D eigenvalue weighted by atomic mass is 9.81. The van der Waals surface area contributed by atoms with Crippen LogP contribution in [0.4, 0.5) is 0 Å². The van der Waals surface area contributed by atoms with Crippen molar-refractivity contribution in [2.24, 2.45) is 0 Å². The van der Waals surface area contributed by atoms with Gasteiger partial charge >= 0.3 is 7.12 Å². The Kier molecular flexibility index (Phi) is 2.96. The predicted molar refractivity (Wildman–Crippen MR) is 48.8 cm³/mol. The van der Waals surface area contributed by atoms with E-state index in [1.54, 1.807) is 6.92 Å². The van der Waals surface area contributed by atoms with Gasteiger partial charge in [-0.05, 0) is 13.0 Å². The highest BCUT2D eigenvalue weighted by atomic mass is 35.5. The molecular formula is C6H6BCl2NO2. The second kappa shape index (κ2) is 3.62. The molecule has 0 aliphatic rings. The smallest absolute Gasteiger partial charge is 0.423 e. The van der Waals surface area contributed by atoms with Crippen molar-refractivity contribution >= 4 is 35.8 Å². The highest BCUT2D eigenvalue weighted by Crippen LogP contribution is 2.14. The van der Waals surface area contributed by atoms with Crippen LogP contribution < -0.4 is 5.46 Å². The molecule has 0 aromatic carbocycles. The molecule has 64 valence electrons. The molecule has 0 amide bonds. The van der Waals surface area contributed by atoms with Crippen molar-refractivity contribution in [3.63, 3.8) is 0 Å². The summed E-state index contributed by atoms with van der Waals surface area (Å²) in [5.74, 6) is 0. The van der Waals surface area contributed by atoms with E-state index in [9.17, 15) is 0 Å². The standard InChI is InChI=1S/C6H6BCl2NO2/c1-3-5(8)2-4(7(11)12)6(9)10-3/h2,11-12H,1H3. The van der Waals surface area contributed by atoms with Crippen LogP contribution in [0.15, 0.2) is 6.07 Å². The lowest BCUT2D eigenvalue weighted by molar-refractivity contribution is 0.425. The van der Waals surface area contributed by atoms with Crippen molar-refractivity contribution < 1.29 is 10.0 Å². The van der Waals surface area contributed by atoms with Gasteiger partial charge in [0.15, 0.2) is 0 Å². The first-order valence-electron chi connectivity index (χ1n) is 3.21. The van der Waals surface area contributed by atoms with E-state index in [-0.39, 0.29) is 10.6 Å². The molecule has 0 spiro atoms. The Bertz CT molecular complexity index is 306. The van der Waals surface area contributed by atoms with Crippen LogP contribution in [0.2, 0.25) is 10.2 Å². The average Bonchev–Trinajstić information content (AvgIpc) is 1.96. The second-order valence-electron chi connectivity index (χ2n) is 2.31. The zero-order valence-corrected chi connectivity index (χ0v) is 7.76. The third-order valence-electron chi connectivity index (χ3n) is 1.41. The van der Waals surface area contributed by atoms with E-state index in [1.165, 1.54) is 6.07 Å². The van der Waals surface area contributed by atoms with Gasteiger partial charge in [-0.25, -0.2) is 4.98 Å². The third-order valence-corrected chi connectivity index (χ3v) is 2.10. The minimum atomic E-state index is -1.64. The summed E-state index contributed by atoms with van der Waals surface area (Å²) in [6.45, 7) is 1.68. The summed E-state index contributed by atoms with van der Waals surface area (Å²) in [5.41, 5.74) is 0.679. The lowest BCUT2D eigenvalue weighted by Gasteiger charge is -2.04. The number of rotatable bonds is 1. The van der Waals surface area contributed by atoms with Gasteiger partial charge in [0.2, 0.25) is 0 Å². The molecule has 12 heavy (non-hydrogen) atoms. The fourth-order valence-corrected chi connectivity index (χ4v) is 1.19. The van der Waals surface area contributed by atoms with Crippen molar-refractivity contribution in [2.45, 2.75) is 6.92 Å². The van der Waals surface area contributed by atoms with Crippen molar-refractivity contribution in [1.82, 2.24) is 4.98 Å². The molecule has 2 N–H and O–H groups in total. The highest BCUT2D eigenvalue weighted by Gasteiger charge is 2.17.